The molecule has 1 aliphatic carbocycles. The molecular weight excluding hydrogens is 208 g/mol. The molecule has 0 heterocycles. The van der Waals surface area contributed by atoms with Gasteiger partial charge in [-0.3, -0.25) is 4.79 Å². The highest BCUT2D eigenvalue weighted by atomic mass is 16.4. The van der Waals surface area contributed by atoms with Crippen LogP contribution in [-0.2, 0) is 10.2 Å². The molecule has 1 fully saturated rings. The summed E-state index contributed by atoms with van der Waals surface area (Å²) in [6, 6.07) is 2.78. The molecule has 1 aliphatic rings. The van der Waals surface area contributed by atoms with Crippen LogP contribution in [0.2, 0.25) is 0 Å². The summed E-state index contributed by atoms with van der Waals surface area (Å²) in [5, 5.41) is 28.6. The third kappa shape index (κ3) is 1.33. The monoisotopic (exact) mass is 222 g/mol. The van der Waals surface area contributed by atoms with E-state index in [0.29, 0.717) is 24.0 Å². The molecule has 0 amide bonds. The fourth-order valence-corrected chi connectivity index (χ4v) is 2.19. The Balaban J connectivity index is 2.55. The largest absolute Gasteiger partial charge is 0.508 e. The lowest BCUT2D eigenvalue weighted by molar-refractivity contribution is -0.147. The predicted molar refractivity (Wildman–Crippen MR) is 57.7 cm³/mol. The minimum atomic E-state index is -1.00. The van der Waals surface area contributed by atoms with Crippen molar-refractivity contribution < 1.29 is 20.1 Å². The van der Waals surface area contributed by atoms with Gasteiger partial charge >= 0.3 is 5.97 Å². The summed E-state index contributed by atoms with van der Waals surface area (Å²) >= 11 is 0. The molecule has 1 aromatic rings. The maximum atomic E-state index is 11.3. The fourth-order valence-electron chi connectivity index (χ4n) is 2.19. The van der Waals surface area contributed by atoms with Crippen LogP contribution in [0.1, 0.15) is 30.4 Å². The van der Waals surface area contributed by atoms with Crippen LogP contribution >= 0.6 is 0 Å². The van der Waals surface area contributed by atoms with Crippen molar-refractivity contribution in [2.75, 3.05) is 0 Å². The molecule has 0 aliphatic heterocycles. The van der Waals surface area contributed by atoms with E-state index in [-0.39, 0.29) is 11.5 Å². The Morgan fingerprint density at radius 3 is 2.31 bits per heavy atom. The van der Waals surface area contributed by atoms with E-state index in [1.54, 1.807) is 6.92 Å². The van der Waals surface area contributed by atoms with Crippen molar-refractivity contribution in [3.8, 4) is 11.5 Å². The van der Waals surface area contributed by atoms with Crippen LogP contribution in [0.4, 0.5) is 0 Å². The standard InChI is InChI=1S/C12H14O4/c1-7-5-10(14)8(6-9(7)13)12(11(15)16)3-2-4-12/h5-6,13-14H,2-4H2,1H3,(H,15,16). The van der Waals surface area contributed by atoms with E-state index in [1.807, 2.05) is 0 Å². The van der Waals surface area contributed by atoms with Crippen molar-refractivity contribution in [1.82, 2.24) is 0 Å². The summed E-state index contributed by atoms with van der Waals surface area (Å²) in [5.41, 5.74) is -0.134. The van der Waals surface area contributed by atoms with E-state index in [0.717, 1.165) is 6.42 Å². The SMILES string of the molecule is Cc1cc(O)c(C2(C(=O)O)CCC2)cc1O. The summed E-state index contributed by atoms with van der Waals surface area (Å²) < 4.78 is 0. The number of carboxylic acids is 1. The normalized spacial score (nSPS) is 17.8. The van der Waals surface area contributed by atoms with Crippen molar-refractivity contribution in [1.29, 1.82) is 0 Å². The van der Waals surface area contributed by atoms with Crippen LogP contribution in [0.3, 0.4) is 0 Å². The lowest BCUT2D eigenvalue weighted by Gasteiger charge is -2.38. The van der Waals surface area contributed by atoms with Gasteiger partial charge in [-0.2, -0.15) is 0 Å². The van der Waals surface area contributed by atoms with Crippen molar-refractivity contribution >= 4 is 5.97 Å². The molecule has 0 atom stereocenters. The third-order valence-electron chi connectivity index (χ3n) is 3.45. The van der Waals surface area contributed by atoms with Gasteiger partial charge in [-0.1, -0.05) is 6.42 Å². The van der Waals surface area contributed by atoms with Gasteiger partial charge in [0.2, 0.25) is 0 Å². The fraction of sp³-hybridized carbons (Fsp3) is 0.417. The Kier molecular flexibility index (Phi) is 2.30. The number of aryl methyl sites for hydroxylation is 1. The van der Waals surface area contributed by atoms with Gasteiger partial charge in [0.15, 0.2) is 0 Å². The minimum Gasteiger partial charge on any atom is -0.508 e. The van der Waals surface area contributed by atoms with E-state index in [4.69, 9.17) is 0 Å². The number of hydrogen-bond donors (Lipinski definition) is 3. The molecular formula is C12H14O4. The van der Waals surface area contributed by atoms with Crippen molar-refractivity contribution in [3.63, 3.8) is 0 Å². The lowest BCUT2D eigenvalue weighted by atomic mass is 9.64. The molecule has 0 spiro atoms. The Hall–Kier alpha value is -1.71. The first kappa shape index (κ1) is 10.8. The van der Waals surface area contributed by atoms with Crippen molar-refractivity contribution in [2.24, 2.45) is 0 Å². The first-order valence-electron chi connectivity index (χ1n) is 5.24. The molecule has 86 valence electrons. The second-order valence-corrected chi connectivity index (χ2v) is 4.40. The molecule has 0 bridgehead atoms. The Morgan fingerprint density at radius 1 is 1.25 bits per heavy atom. The molecule has 16 heavy (non-hydrogen) atoms. The maximum absolute atomic E-state index is 11.3. The van der Waals surface area contributed by atoms with Gasteiger partial charge in [0.25, 0.3) is 0 Å². The maximum Gasteiger partial charge on any atom is 0.314 e. The van der Waals surface area contributed by atoms with Crippen LogP contribution in [0.25, 0.3) is 0 Å². The third-order valence-corrected chi connectivity index (χ3v) is 3.45. The summed E-state index contributed by atoms with van der Waals surface area (Å²) in [5.74, 6) is -0.949. The van der Waals surface area contributed by atoms with Crippen LogP contribution in [0.15, 0.2) is 12.1 Å². The summed E-state index contributed by atoms with van der Waals surface area (Å²) in [6.45, 7) is 1.66. The van der Waals surface area contributed by atoms with E-state index in [9.17, 15) is 20.1 Å². The predicted octanol–water partition coefficient (Wildman–Crippen LogP) is 1.91. The highest BCUT2D eigenvalue weighted by molar-refractivity contribution is 5.84. The summed E-state index contributed by atoms with van der Waals surface area (Å²) in [6.07, 6.45) is 1.86. The van der Waals surface area contributed by atoms with Gasteiger partial charge in [-0.15, -0.1) is 0 Å². The quantitative estimate of drug-likeness (QED) is 0.668. The molecule has 4 nitrogen and oxygen atoms in total. The number of rotatable bonds is 2. The molecule has 0 aromatic heterocycles. The zero-order valence-electron chi connectivity index (χ0n) is 9.03. The summed E-state index contributed by atoms with van der Waals surface area (Å²) in [7, 11) is 0. The van der Waals surface area contributed by atoms with Gasteiger partial charge in [-0.25, -0.2) is 0 Å². The minimum absolute atomic E-state index is 0.0281. The number of hydrogen-bond acceptors (Lipinski definition) is 3. The highest BCUT2D eigenvalue weighted by Gasteiger charge is 2.47. The first-order valence-corrected chi connectivity index (χ1v) is 5.24. The smallest absolute Gasteiger partial charge is 0.314 e. The second-order valence-electron chi connectivity index (χ2n) is 4.40. The molecule has 0 saturated heterocycles. The van der Waals surface area contributed by atoms with Gasteiger partial charge < -0.3 is 15.3 Å². The van der Waals surface area contributed by atoms with E-state index in [1.165, 1.54) is 12.1 Å². The summed E-state index contributed by atoms with van der Waals surface area (Å²) in [4.78, 5) is 11.3. The number of phenols is 2. The van der Waals surface area contributed by atoms with E-state index >= 15 is 0 Å². The molecule has 1 aromatic carbocycles. The van der Waals surface area contributed by atoms with Crippen LogP contribution < -0.4 is 0 Å². The Labute approximate surface area is 93.2 Å². The zero-order chi connectivity index (χ0) is 11.9. The number of aliphatic carboxylic acids is 1. The number of benzene rings is 1. The Morgan fingerprint density at radius 2 is 1.88 bits per heavy atom. The van der Waals surface area contributed by atoms with Crippen LogP contribution in [-0.4, -0.2) is 21.3 Å². The molecule has 1 saturated carbocycles. The average Bonchev–Trinajstić information content (AvgIpc) is 2.11. The molecule has 4 heteroatoms. The first-order chi connectivity index (χ1) is 7.47. The van der Waals surface area contributed by atoms with Crippen LogP contribution in [0.5, 0.6) is 11.5 Å². The van der Waals surface area contributed by atoms with Gasteiger partial charge in [0.05, 0.1) is 5.41 Å². The van der Waals surface area contributed by atoms with E-state index < -0.39 is 11.4 Å². The number of carboxylic acid groups (broad SMARTS) is 1. The van der Waals surface area contributed by atoms with Gasteiger partial charge in [0.1, 0.15) is 11.5 Å². The second kappa shape index (κ2) is 3.40. The Bertz CT molecular complexity index is 447. The molecule has 3 N–H and O–H groups in total. The lowest BCUT2D eigenvalue weighted by Crippen LogP contribution is -2.42. The van der Waals surface area contributed by atoms with Gasteiger partial charge in [-0.05, 0) is 37.5 Å². The molecule has 0 unspecified atom stereocenters. The zero-order valence-corrected chi connectivity index (χ0v) is 9.03. The number of aromatic hydroxyl groups is 2. The molecule has 0 radical (unpaired) electrons. The van der Waals surface area contributed by atoms with Crippen molar-refractivity contribution in [2.45, 2.75) is 31.6 Å². The topological polar surface area (TPSA) is 77.8 Å². The number of phenolic OH excluding ortho intramolecular Hbond substituents is 2. The van der Waals surface area contributed by atoms with Crippen molar-refractivity contribution in [3.05, 3.63) is 23.3 Å². The number of carbonyl (C=O) groups is 1. The van der Waals surface area contributed by atoms with E-state index in [2.05, 4.69) is 0 Å². The highest BCUT2D eigenvalue weighted by Crippen LogP contribution is 2.48. The van der Waals surface area contributed by atoms with Gasteiger partial charge in [0, 0.05) is 5.56 Å². The average molecular weight is 222 g/mol. The van der Waals surface area contributed by atoms with Crippen LogP contribution in [0, 0.1) is 6.92 Å². The molecule has 2 rings (SSSR count).